The van der Waals surface area contributed by atoms with Crippen LogP contribution in [-0.2, 0) is 11.5 Å². The standard InChI is InChI=1S/C14H14O6S/c1-7-9(3-11(19-7)13(15)16)5-21-6-10-4-12(14(17)18)20-8(10)2/h3-4H,5-6H2,1-2H3,(H,15,16)(H,17,18)/p-2. The highest BCUT2D eigenvalue weighted by Crippen LogP contribution is 2.25. The topological polar surface area (TPSA) is 107 Å². The van der Waals surface area contributed by atoms with Crippen molar-refractivity contribution in [2.45, 2.75) is 25.4 Å². The molecule has 0 saturated heterocycles. The molecule has 0 amide bonds. The smallest absolute Gasteiger partial charge is 0.150 e. The van der Waals surface area contributed by atoms with Gasteiger partial charge in [0.05, 0.1) is 0 Å². The Bertz CT molecular complexity index is 623. The fourth-order valence-corrected chi connectivity index (χ4v) is 2.91. The summed E-state index contributed by atoms with van der Waals surface area (Å²) >= 11 is 1.49. The highest BCUT2D eigenvalue weighted by Gasteiger charge is 2.11. The SMILES string of the molecule is Cc1oc(C(=O)[O-])cc1CSCc1cc(C(=O)[O-])oc1C. The Balaban J connectivity index is 1.98. The first-order valence-electron chi connectivity index (χ1n) is 6.07. The van der Waals surface area contributed by atoms with Crippen LogP contribution in [0, 0.1) is 13.8 Å². The number of furan rings is 2. The van der Waals surface area contributed by atoms with Crippen LogP contribution < -0.4 is 10.2 Å². The molecule has 0 atom stereocenters. The first-order chi connectivity index (χ1) is 9.88. The second-order valence-electron chi connectivity index (χ2n) is 4.45. The van der Waals surface area contributed by atoms with Crippen molar-refractivity contribution in [3.63, 3.8) is 0 Å². The minimum absolute atomic E-state index is 0.193. The van der Waals surface area contributed by atoms with Gasteiger partial charge in [0.1, 0.15) is 35.0 Å². The number of rotatable bonds is 6. The molecule has 0 unspecified atom stereocenters. The fraction of sp³-hybridized carbons (Fsp3) is 0.286. The molecule has 0 bridgehead atoms. The zero-order valence-corrected chi connectivity index (χ0v) is 12.2. The van der Waals surface area contributed by atoms with Gasteiger partial charge >= 0.3 is 0 Å². The lowest BCUT2D eigenvalue weighted by Crippen LogP contribution is -2.21. The molecule has 0 aliphatic heterocycles. The van der Waals surface area contributed by atoms with E-state index in [-0.39, 0.29) is 11.5 Å². The fourth-order valence-electron chi connectivity index (χ4n) is 1.80. The minimum atomic E-state index is -1.35. The second kappa shape index (κ2) is 6.09. The van der Waals surface area contributed by atoms with Crippen LogP contribution >= 0.6 is 11.8 Å². The van der Waals surface area contributed by atoms with Crippen LogP contribution in [0.2, 0.25) is 0 Å². The first kappa shape index (κ1) is 15.2. The van der Waals surface area contributed by atoms with E-state index in [1.807, 2.05) is 0 Å². The van der Waals surface area contributed by atoms with Gasteiger partial charge in [0, 0.05) is 22.6 Å². The summed E-state index contributed by atoms with van der Waals surface area (Å²) in [5, 5.41) is 21.4. The van der Waals surface area contributed by atoms with E-state index in [0.717, 1.165) is 11.1 Å². The van der Waals surface area contributed by atoms with Crippen LogP contribution in [0.3, 0.4) is 0 Å². The molecule has 7 heteroatoms. The van der Waals surface area contributed by atoms with Crippen LogP contribution in [-0.4, -0.2) is 11.9 Å². The third-order valence-electron chi connectivity index (χ3n) is 2.96. The zero-order valence-electron chi connectivity index (χ0n) is 11.4. The number of hydrogen-bond donors (Lipinski definition) is 0. The number of hydrogen-bond acceptors (Lipinski definition) is 7. The predicted molar refractivity (Wildman–Crippen MR) is 70.6 cm³/mol. The van der Waals surface area contributed by atoms with Crippen molar-refractivity contribution in [2.75, 3.05) is 0 Å². The summed E-state index contributed by atoms with van der Waals surface area (Å²) < 4.78 is 10.1. The molecule has 6 nitrogen and oxygen atoms in total. The number of carboxylic acids is 2. The molecule has 21 heavy (non-hydrogen) atoms. The molecule has 0 aliphatic carbocycles. The van der Waals surface area contributed by atoms with Gasteiger partial charge in [0.2, 0.25) is 0 Å². The lowest BCUT2D eigenvalue weighted by atomic mass is 10.3. The number of carboxylic acid groups (broad SMARTS) is 2. The molecule has 0 aliphatic rings. The summed E-state index contributed by atoms with van der Waals surface area (Å²) in [5.41, 5.74) is 1.53. The molecule has 0 fully saturated rings. The largest absolute Gasteiger partial charge is 0.542 e. The molecule has 0 saturated carbocycles. The maximum Gasteiger partial charge on any atom is 0.150 e. The second-order valence-corrected chi connectivity index (χ2v) is 5.44. The molecule has 2 aromatic heterocycles. The van der Waals surface area contributed by atoms with Crippen molar-refractivity contribution in [3.05, 3.63) is 46.3 Å². The molecule has 0 spiro atoms. The molecule has 2 aromatic rings. The van der Waals surface area contributed by atoms with Gasteiger partial charge in [0.15, 0.2) is 0 Å². The minimum Gasteiger partial charge on any atom is -0.542 e. The van der Waals surface area contributed by atoms with E-state index in [0.29, 0.717) is 23.0 Å². The summed E-state index contributed by atoms with van der Waals surface area (Å²) in [7, 11) is 0. The van der Waals surface area contributed by atoms with Gasteiger partial charge in [-0.1, -0.05) is 0 Å². The molecular weight excluding hydrogens is 296 g/mol. The van der Waals surface area contributed by atoms with Gasteiger partial charge in [-0.2, -0.15) is 11.8 Å². The van der Waals surface area contributed by atoms with Crippen molar-refractivity contribution in [1.29, 1.82) is 0 Å². The van der Waals surface area contributed by atoms with E-state index < -0.39 is 11.9 Å². The van der Waals surface area contributed by atoms with Crippen LogP contribution in [0.4, 0.5) is 0 Å². The van der Waals surface area contributed by atoms with Gasteiger partial charge in [-0.15, -0.1) is 0 Å². The van der Waals surface area contributed by atoms with Crippen molar-refractivity contribution in [2.24, 2.45) is 0 Å². The maximum atomic E-state index is 10.7. The van der Waals surface area contributed by atoms with Crippen molar-refractivity contribution < 1.29 is 28.6 Å². The van der Waals surface area contributed by atoms with E-state index in [2.05, 4.69) is 0 Å². The highest BCUT2D eigenvalue weighted by molar-refractivity contribution is 7.97. The Morgan fingerprint density at radius 3 is 1.62 bits per heavy atom. The average Bonchev–Trinajstić information content (AvgIpc) is 2.95. The number of carbonyl (C=O) groups is 2. The summed E-state index contributed by atoms with van der Waals surface area (Å²) in [6.07, 6.45) is 0. The van der Waals surface area contributed by atoms with Crippen molar-refractivity contribution in [3.8, 4) is 0 Å². The van der Waals surface area contributed by atoms with Gasteiger partial charge in [-0.05, 0) is 26.0 Å². The van der Waals surface area contributed by atoms with E-state index in [1.54, 1.807) is 13.8 Å². The Morgan fingerprint density at radius 1 is 0.952 bits per heavy atom. The molecule has 0 radical (unpaired) electrons. The summed E-state index contributed by atoms with van der Waals surface area (Å²) in [4.78, 5) is 21.4. The van der Waals surface area contributed by atoms with Crippen LogP contribution in [0.1, 0.15) is 43.8 Å². The van der Waals surface area contributed by atoms with Gasteiger partial charge in [-0.25, -0.2) is 0 Å². The predicted octanol–water partition coefficient (Wildman–Crippen LogP) is 0.650. The Hall–Kier alpha value is -2.15. The molecule has 0 N–H and O–H groups in total. The van der Waals surface area contributed by atoms with Gasteiger partial charge in [-0.3, -0.25) is 0 Å². The summed E-state index contributed by atoms with van der Waals surface area (Å²) in [6, 6.07) is 2.87. The zero-order chi connectivity index (χ0) is 15.6. The third kappa shape index (κ3) is 3.49. The average molecular weight is 308 g/mol. The van der Waals surface area contributed by atoms with Gasteiger partial charge < -0.3 is 28.6 Å². The van der Waals surface area contributed by atoms with E-state index in [1.165, 1.54) is 23.9 Å². The summed E-state index contributed by atoms with van der Waals surface area (Å²) in [5.74, 6) is -0.954. The quantitative estimate of drug-likeness (QED) is 0.771. The Kier molecular flexibility index (Phi) is 4.42. The monoisotopic (exact) mass is 308 g/mol. The lowest BCUT2D eigenvalue weighted by molar-refractivity contribution is -0.258. The molecule has 2 rings (SSSR count). The molecule has 2 heterocycles. The molecule has 0 aromatic carbocycles. The van der Waals surface area contributed by atoms with E-state index in [4.69, 9.17) is 8.83 Å². The van der Waals surface area contributed by atoms with Crippen LogP contribution in [0.15, 0.2) is 21.0 Å². The van der Waals surface area contributed by atoms with Crippen LogP contribution in [0.5, 0.6) is 0 Å². The van der Waals surface area contributed by atoms with Crippen molar-refractivity contribution >= 4 is 23.7 Å². The normalized spacial score (nSPS) is 10.8. The summed E-state index contributed by atoms with van der Waals surface area (Å²) in [6.45, 7) is 3.36. The Labute approximate surface area is 124 Å². The maximum absolute atomic E-state index is 10.7. The number of thioether (sulfide) groups is 1. The number of carbonyl (C=O) groups excluding carboxylic acids is 2. The number of aromatic carboxylic acids is 2. The first-order valence-corrected chi connectivity index (χ1v) is 7.23. The Morgan fingerprint density at radius 2 is 1.33 bits per heavy atom. The molecule has 112 valence electrons. The van der Waals surface area contributed by atoms with Crippen LogP contribution in [0.25, 0.3) is 0 Å². The lowest BCUT2D eigenvalue weighted by Gasteiger charge is -1.99. The van der Waals surface area contributed by atoms with E-state index >= 15 is 0 Å². The molecular formula is C14H12O6S-2. The highest BCUT2D eigenvalue weighted by atomic mass is 32.2. The van der Waals surface area contributed by atoms with E-state index in [9.17, 15) is 19.8 Å². The third-order valence-corrected chi connectivity index (χ3v) is 3.99. The van der Waals surface area contributed by atoms with Crippen molar-refractivity contribution in [1.82, 2.24) is 0 Å². The number of aryl methyl sites for hydroxylation is 2. The van der Waals surface area contributed by atoms with Gasteiger partial charge in [0.25, 0.3) is 0 Å².